The van der Waals surface area contributed by atoms with Crippen LogP contribution in [0.5, 0.6) is 0 Å². The molecule has 0 unspecified atom stereocenters. The third kappa shape index (κ3) is 2.90. The zero-order chi connectivity index (χ0) is 12.1. The first-order valence-corrected chi connectivity index (χ1v) is 4.55. The molecule has 0 aliphatic heterocycles. The lowest BCUT2D eigenvalue weighted by molar-refractivity contribution is -0.0277. The molecule has 0 fully saturated rings. The predicted octanol–water partition coefficient (Wildman–Crippen LogP) is 1.70. The molecular weight excluding hydrogens is 220 g/mol. The predicted molar refractivity (Wildman–Crippen MR) is 52.7 cm³/mol. The number of esters is 1. The summed E-state index contributed by atoms with van der Waals surface area (Å²) in [6.07, 6.45) is 0. The van der Waals surface area contributed by atoms with Crippen molar-refractivity contribution in [2.24, 2.45) is 0 Å². The van der Waals surface area contributed by atoms with Gasteiger partial charge in [0.2, 0.25) is 0 Å². The van der Waals surface area contributed by atoms with Gasteiger partial charge in [-0.05, 0) is 13.0 Å². The molecule has 0 aliphatic carbocycles. The van der Waals surface area contributed by atoms with E-state index in [2.05, 4.69) is 4.74 Å². The van der Waals surface area contributed by atoms with Crippen LogP contribution in [0.3, 0.4) is 0 Å². The molecule has 0 heterocycles. The average molecular weight is 231 g/mol. The lowest BCUT2D eigenvalue weighted by atomic mass is 10.2. The fourth-order valence-electron chi connectivity index (χ4n) is 0.978. The van der Waals surface area contributed by atoms with Crippen LogP contribution in [-0.4, -0.2) is 19.4 Å². The zero-order valence-corrected chi connectivity index (χ0v) is 8.63. The molecule has 88 valence electrons. The number of carbonyl (C=O) groups excluding carboxylic acids is 1. The Bertz CT molecular complexity index is 396. The summed E-state index contributed by atoms with van der Waals surface area (Å²) in [5.41, 5.74) is 4.47. The van der Waals surface area contributed by atoms with Crippen LogP contribution in [0.1, 0.15) is 17.3 Å². The van der Waals surface area contributed by atoms with E-state index in [0.717, 1.165) is 6.07 Å². The molecule has 16 heavy (non-hydrogen) atoms. The van der Waals surface area contributed by atoms with Gasteiger partial charge < -0.3 is 15.2 Å². The van der Waals surface area contributed by atoms with Crippen molar-refractivity contribution in [2.75, 3.05) is 19.1 Å². The van der Waals surface area contributed by atoms with Gasteiger partial charge in [0.15, 0.2) is 6.79 Å². The van der Waals surface area contributed by atoms with Crippen molar-refractivity contribution < 1.29 is 23.0 Å². The zero-order valence-electron chi connectivity index (χ0n) is 8.63. The highest BCUT2D eigenvalue weighted by molar-refractivity contribution is 5.90. The van der Waals surface area contributed by atoms with Gasteiger partial charge in [-0.25, -0.2) is 13.6 Å². The molecule has 2 N–H and O–H groups in total. The SMILES string of the molecule is CCOCOC(=O)c1cc(N)c(F)cc1F. The molecule has 0 saturated heterocycles. The standard InChI is InChI=1S/C10H11F2NO3/c1-2-15-5-16-10(14)6-3-9(13)8(12)4-7(6)11/h3-4H,2,5,13H2,1H3. The first-order chi connectivity index (χ1) is 7.56. The van der Waals surface area contributed by atoms with Gasteiger partial charge in [0, 0.05) is 12.7 Å². The van der Waals surface area contributed by atoms with E-state index >= 15 is 0 Å². The highest BCUT2D eigenvalue weighted by Crippen LogP contribution is 2.17. The Morgan fingerprint density at radius 1 is 1.38 bits per heavy atom. The molecule has 0 radical (unpaired) electrons. The highest BCUT2D eigenvalue weighted by Gasteiger charge is 2.16. The second-order valence-corrected chi connectivity index (χ2v) is 2.90. The molecule has 0 atom stereocenters. The van der Waals surface area contributed by atoms with E-state index in [-0.39, 0.29) is 12.5 Å². The van der Waals surface area contributed by atoms with Crippen molar-refractivity contribution in [3.05, 3.63) is 29.3 Å². The van der Waals surface area contributed by atoms with Gasteiger partial charge in [-0.15, -0.1) is 0 Å². The number of anilines is 1. The molecule has 6 heteroatoms. The second-order valence-electron chi connectivity index (χ2n) is 2.90. The fourth-order valence-corrected chi connectivity index (χ4v) is 0.978. The van der Waals surface area contributed by atoms with Gasteiger partial charge in [0.25, 0.3) is 0 Å². The number of nitrogens with two attached hydrogens (primary N) is 1. The minimum absolute atomic E-state index is 0.286. The number of nitrogen functional groups attached to an aromatic ring is 1. The summed E-state index contributed by atoms with van der Waals surface area (Å²) in [5.74, 6) is -2.88. The van der Waals surface area contributed by atoms with Crippen molar-refractivity contribution in [2.45, 2.75) is 6.92 Å². The Labute approximate surface area is 91.0 Å². The summed E-state index contributed by atoms with van der Waals surface area (Å²) in [7, 11) is 0. The Balaban J connectivity index is 2.79. The van der Waals surface area contributed by atoms with Gasteiger partial charge in [-0.1, -0.05) is 0 Å². The Morgan fingerprint density at radius 2 is 2.06 bits per heavy atom. The average Bonchev–Trinajstić information content (AvgIpc) is 2.23. The van der Waals surface area contributed by atoms with E-state index in [4.69, 9.17) is 10.5 Å². The van der Waals surface area contributed by atoms with Crippen LogP contribution < -0.4 is 5.73 Å². The minimum Gasteiger partial charge on any atom is -0.435 e. The van der Waals surface area contributed by atoms with Crippen molar-refractivity contribution in [3.63, 3.8) is 0 Å². The maximum Gasteiger partial charge on any atom is 0.343 e. The second kappa shape index (κ2) is 5.41. The van der Waals surface area contributed by atoms with Crippen molar-refractivity contribution >= 4 is 11.7 Å². The summed E-state index contributed by atoms with van der Waals surface area (Å²) in [6.45, 7) is 1.79. The maximum absolute atomic E-state index is 13.2. The van der Waals surface area contributed by atoms with Gasteiger partial charge in [-0.2, -0.15) is 0 Å². The van der Waals surface area contributed by atoms with Crippen LogP contribution in [0.2, 0.25) is 0 Å². The van der Waals surface area contributed by atoms with Crippen molar-refractivity contribution in [3.8, 4) is 0 Å². The number of hydrogen-bond donors (Lipinski definition) is 1. The highest BCUT2D eigenvalue weighted by atomic mass is 19.1. The van der Waals surface area contributed by atoms with Crippen LogP contribution >= 0.6 is 0 Å². The molecule has 0 aliphatic rings. The lowest BCUT2D eigenvalue weighted by Gasteiger charge is -2.06. The van der Waals surface area contributed by atoms with Crippen LogP contribution in [-0.2, 0) is 9.47 Å². The Morgan fingerprint density at radius 3 is 2.69 bits per heavy atom. The smallest absolute Gasteiger partial charge is 0.343 e. The summed E-state index contributed by atoms with van der Waals surface area (Å²) < 4.78 is 35.3. The third-order valence-corrected chi connectivity index (χ3v) is 1.78. The van der Waals surface area contributed by atoms with Crippen LogP contribution in [0.25, 0.3) is 0 Å². The monoisotopic (exact) mass is 231 g/mol. The van der Waals surface area contributed by atoms with Gasteiger partial charge >= 0.3 is 5.97 Å². The Kier molecular flexibility index (Phi) is 4.19. The Hall–Kier alpha value is -1.69. The van der Waals surface area contributed by atoms with Gasteiger partial charge in [-0.3, -0.25) is 0 Å². The number of rotatable bonds is 4. The van der Waals surface area contributed by atoms with E-state index in [9.17, 15) is 13.6 Å². The van der Waals surface area contributed by atoms with Crippen LogP contribution in [0.15, 0.2) is 12.1 Å². The fraction of sp³-hybridized carbons (Fsp3) is 0.300. The van der Waals surface area contributed by atoms with Crippen LogP contribution in [0, 0.1) is 11.6 Å². The molecule has 1 rings (SSSR count). The molecule has 1 aromatic rings. The number of ether oxygens (including phenoxy) is 2. The molecule has 0 spiro atoms. The largest absolute Gasteiger partial charge is 0.435 e. The summed E-state index contributed by atoms with van der Waals surface area (Å²) in [6, 6.07) is 1.42. The maximum atomic E-state index is 13.2. The summed E-state index contributed by atoms with van der Waals surface area (Å²) in [4.78, 5) is 11.3. The van der Waals surface area contributed by atoms with E-state index in [1.54, 1.807) is 6.92 Å². The quantitative estimate of drug-likeness (QED) is 0.371. The number of benzene rings is 1. The normalized spacial score (nSPS) is 10.2. The van der Waals surface area contributed by atoms with E-state index in [0.29, 0.717) is 12.7 Å². The van der Waals surface area contributed by atoms with Gasteiger partial charge in [0.1, 0.15) is 11.6 Å². The van der Waals surface area contributed by atoms with Crippen molar-refractivity contribution in [1.29, 1.82) is 0 Å². The lowest BCUT2D eigenvalue weighted by Crippen LogP contribution is -2.11. The minimum atomic E-state index is -1.02. The molecule has 1 aromatic carbocycles. The molecule has 0 aromatic heterocycles. The molecule has 0 amide bonds. The molecule has 0 saturated carbocycles. The molecular formula is C10H11F2NO3. The molecule has 0 bridgehead atoms. The van der Waals surface area contributed by atoms with Crippen molar-refractivity contribution in [1.82, 2.24) is 0 Å². The molecule has 4 nitrogen and oxygen atoms in total. The first kappa shape index (κ1) is 12.4. The van der Waals surface area contributed by atoms with E-state index < -0.39 is 23.2 Å². The summed E-state index contributed by atoms with van der Waals surface area (Å²) in [5, 5.41) is 0. The third-order valence-electron chi connectivity index (χ3n) is 1.78. The van der Waals surface area contributed by atoms with E-state index in [1.165, 1.54) is 0 Å². The topological polar surface area (TPSA) is 61.5 Å². The first-order valence-electron chi connectivity index (χ1n) is 4.55. The summed E-state index contributed by atoms with van der Waals surface area (Å²) >= 11 is 0. The van der Waals surface area contributed by atoms with Crippen LogP contribution in [0.4, 0.5) is 14.5 Å². The van der Waals surface area contributed by atoms with E-state index in [1.807, 2.05) is 0 Å². The number of carbonyl (C=O) groups is 1. The number of halogens is 2. The number of hydrogen-bond acceptors (Lipinski definition) is 4. The van der Waals surface area contributed by atoms with Gasteiger partial charge in [0.05, 0.1) is 11.3 Å².